The fourth-order valence-electron chi connectivity index (χ4n) is 3.60. The molecule has 3 rings (SSSR count). The third kappa shape index (κ3) is 6.70. The Balaban J connectivity index is 1.64. The van der Waals surface area contributed by atoms with Crippen LogP contribution in [0.1, 0.15) is 67.6 Å². The summed E-state index contributed by atoms with van der Waals surface area (Å²) in [4.78, 5) is 25.4. The first-order chi connectivity index (χ1) is 16.3. The van der Waals surface area contributed by atoms with Crippen LogP contribution in [0.4, 0.5) is 5.69 Å². The van der Waals surface area contributed by atoms with Crippen molar-refractivity contribution in [2.75, 3.05) is 11.1 Å². The second kappa shape index (κ2) is 11.8. The van der Waals surface area contributed by atoms with Crippen molar-refractivity contribution in [3.05, 3.63) is 71.5 Å². The SMILES string of the molecule is CCC(C)c1ccc(C(NC(=O)c2cccc(NC(=O)CSc3nncn3C)c2)C(C)C)cc1. The number of amides is 2. The van der Waals surface area contributed by atoms with E-state index in [1.807, 2.05) is 7.05 Å². The summed E-state index contributed by atoms with van der Waals surface area (Å²) in [5.74, 6) is 0.587. The molecule has 8 heteroatoms. The summed E-state index contributed by atoms with van der Waals surface area (Å²) in [5.41, 5.74) is 3.47. The number of hydrogen-bond donors (Lipinski definition) is 2. The number of benzene rings is 2. The van der Waals surface area contributed by atoms with Gasteiger partial charge in [0.15, 0.2) is 5.16 Å². The summed E-state index contributed by atoms with van der Waals surface area (Å²) < 4.78 is 1.76. The van der Waals surface area contributed by atoms with Gasteiger partial charge in [0.25, 0.3) is 5.91 Å². The Morgan fingerprint density at radius 1 is 1.06 bits per heavy atom. The van der Waals surface area contributed by atoms with E-state index in [1.165, 1.54) is 17.3 Å². The zero-order chi connectivity index (χ0) is 24.7. The van der Waals surface area contributed by atoms with Crippen molar-refractivity contribution in [2.45, 2.75) is 51.2 Å². The van der Waals surface area contributed by atoms with E-state index in [0.717, 1.165) is 12.0 Å². The predicted molar refractivity (Wildman–Crippen MR) is 137 cm³/mol. The molecule has 3 aromatic rings. The van der Waals surface area contributed by atoms with Crippen molar-refractivity contribution in [3.63, 3.8) is 0 Å². The van der Waals surface area contributed by atoms with E-state index in [1.54, 1.807) is 35.2 Å². The number of carbonyl (C=O) groups is 2. The number of carbonyl (C=O) groups excluding carboxylic acids is 2. The highest BCUT2D eigenvalue weighted by molar-refractivity contribution is 7.99. The van der Waals surface area contributed by atoms with Gasteiger partial charge in [0.1, 0.15) is 6.33 Å². The number of nitrogens with zero attached hydrogens (tertiary/aromatic N) is 3. The van der Waals surface area contributed by atoms with E-state index in [-0.39, 0.29) is 29.5 Å². The van der Waals surface area contributed by atoms with Crippen molar-refractivity contribution in [3.8, 4) is 0 Å². The molecule has 34 heavy (non-hydrogen) atoms. The molecule has 0 fully saturated rings. The zero-order valence-electron chi connectivity index (χ0n) is 20.4. The van der Waals surface area contributed by atoms with Crippen molar-refractivity contribution < 1.29 is 9.59 Å². The molecular weight excluding hydrogens is 446 g/mol. The molecule has 1 heterocycles. The Bertz CT molecular complexity index is 1110. The van der Waals surface area contributed by atoms with Gasteiger partial charge in [-0.25, -0.2) is 0 Å². The van der Waals surface area contributed by atoms with Gasteiger partial charge in [0.05, 0.1) is 11.8 Å². The zero-order valence-corrected chi connectivity index (χ0v) is 21.2. The van der Waals surface area contributed by atoms with Crippen molar-refractivity contribution in [1.29, 1.82) is 0 Å². The summed E-state index contributed by atoms with van der Waals surface area (Å²) in [6.07, 6.45) is 2.68. The van der Waals surface area contributed by atoms with Gasteiger partial charge in [-0.2, -0.15) is 0 Å². The Morgan fingerprint density at radius 3 is 2.38 bits per heavy atom. The van der Waals surface area contributed by atoms with Gasteiger partial charge in [0.2, 0.25) is 5.91 Å². The summed E-state index contributed by atoms with van der Waals surface area (Å²) in [6, 6.07) is 15.4. The molecule has 0 saturated carbocycles. The molecule has 0 bridgehead atoms. The van der Waals surface area contributed by atoms with E-state index in [2.05, 4.69) is 72.8 Å². The number of aromatic nitrogens is 3. The molecule has 2 atom stereocenters. The summed E-state index contributed by atoms with van der Waals surface area (Å²) in [7, 11) is 1.83. The number of rotatable bonds is 10. The summed E-state index contributed by atoms with van der Waals surface area (Å²) in [5, 5.41) is 14.5. The van der Waals surface area contributed by atoms with Crippen LogP contribution in [-0.2, 0) is 11.8 Å². The van der Waals surface area contributed by atoms with Crippen molar-refractivity contribution >= 4 is 29.3 Å². The number of hydrogen-bond acceptors (Lipinski definition) is 5. The first kappa shape index (κ1) is 25.5. The number of aryl methyl sites for hydroxylation is 1. The lowest BCUT2D eigenvalue weighted by molar-refractivity contribution is -0.113. The van der Waals surface area contributed by atoms with Crippen molar-refractivity contribution in [1.82, 2.24) is 20.1 Å². The van der Waals surface area contributed by atoms with Crippen LogP contribution in [0.5, 0.6) is 0 Å². The minimum Gasteiger partial charge on any atom is -0.345 e. The molecule has 0 saturated heterocycles. The van der Waals surface area contributed by atoms with E-state index < -0.39 is 0 Å². The summed E-state index contributed by atoms with van der Waals surface area (Å²) >= 11 is 1.30. The summed E-state index contributed by atoms with van der Waals surface area (Å²) in [6.45, 7) is 8.60. The van der Waals surface area contributed by atoms with Gasteiger partial charge >= 0.3 is 0 Å². The highest BCUT2D eigenvalue weighted by Crippen LogP contribution is 2.26. The van der Waals surface area contributed by atoms with E-state index in [9.17, 15) is 9.59 Å². The quantitative estimate of drug-likeness (QED) is 0.391. The largest absolute Gasteiger partial charge is 0.345 e. The van der Waals surface area contributed by atoms with Gasteiger partial charge in [-0.05, 0) is 47.6 Å². The Labute approximate surface area is 205 Å². The molecular formula is C26H33N5O2S. The smallest absolute Gasteiger partial charge is 0.251 e. The Hall–Kier alpha value is -3.13. The van der Waals surface area contributed by atoms with Gasteiger partial charge in [0, 0.05) is 18.3 Å². The third-order valence-electron chi connectivity index (χ3n) is 5.84. The second-order valence-electron chi connectivity index (χ2n) is 8.81. The van der Waals surface area contributed by atoms with E-state index >= 15 is 0 Å². The molecule has 1 aromatic heterocycles. The Kier molecular flexibility index (Phi) is 8.87. The minimum atomic E-state index is -0.174. The lowest BCUT2D eigenvalue weighted by Crippen LogP contribution is -2.31. The van der Waals surface area contributed by atoms with Crippen LogP contribution in [0.25, 0.3) is 0 Å². The molecule has 2 aromatic carbocycles. The topological polar surface area (TPSA) is 88.9 Å². The molecule has 180 valence electrons. The lowest BCUT2D eigenvalue weighted by Gasteiger charge is -2.24. The third-order valence-corrected chi connectivity index (χ3v) is 6.88. The molecule has 0 aliphatic rings. The fourth-order valence-corrected chi connectivity index (χ4v) is 4.28. The first-order valence-electron chi connectivity index (χ1n) is 11.6. The molecule has 0 radical (unpaired) electrons. The van der Waals surface area contributed by atoms with E-state index in [4.69, 9.17) is 0 Å². The number of nitrogens with one attached hydrogen (secondary N) is 2. The average molecular weight is 480 g/mol. The van der Waals surface area contributed by atoms with Crippen LogP contribution in [0.15, 0.2) is 60.0 Å². The lowest BCUT2D eigenvalue weighted by atomic mass is 9.92. The highest BCUT2D eigenvalue weighted by Gasteiger charge is 2.20. The maximum Gasteiger partial charge on any atom is 0.251 e. The van der Waals surface area contributed by atoms with Gasteiger partial charge in [-0.1, -0.05) is 69.8 Å². The number of anilines is 1. The van der Waals surface area contributed by atoms with Crippen LogP contribution >= 0.6 is 11.8 Å². The monoisotopic (exact) mass is 479 g/mol. The molecule has 0 aliphatic carbocycles. The van der Waals surface area contributed by atoms with Gasteiger partial charge in [-0.3, -0.25) is 9.59 Å². The highest BCUT2D eigenvalue weighted by atomic mass is 32.2. The van der Waals surface area contributed by atoms with Crippen molar-refractivity contribution in [2.24, 2.45) is 13.0 Å². The number of thioether (sulfide) groups is 1. The molecule has 7 nitrogen and oxygen atoms in total. The van der Waals surface area contributed by atoms with Crippen LogP contribution in [0.3, 0.4) is 0 Å². The molecule has 2 amide bonds. The van der Waals surface area contributed by atoms with E-state index in [0.29, 0.717) is 22.3 Å². The Morgan fingerprint density at radius 2 is 1.76 bits per heavy atom. The molecule has 2 unspecified atom stereocenters. The average Bonchev–Trinajstić information content (AvgIpc) is 3.25. The van der Waals surface area contributed by atoms with Crippen LogP contribution < -0.4 is 10.6 Å². The van der Waals surface area contributed by atoms with Gasteiger partial charge in [-0.15, -0.1) is 10.2 Å². The van der Waals surface area contributed by atoms with Crippen LogP contribution in [0, 0.1) is 5.92 Å². The standard InChI is InChI=1S/C26H33N5O2S/c1-6-18(4)19-10-12-20(13-11-19)24(17(2)3)29-25(33)21-8-7-9-22(14-21)28-23(32)15-34-26-30-27-16-31(26)5/h7-14,16-18,24H,6,15H2,1-5H3,(H,28,32)(H,29,33). The first-order valence-corrected chi connectivity index (χ1v) is 12.5. The van der Waals surface area contributed by atoms with Gasteiger partial charge < -0.3 is 15.2 Å². The molecule has 0 aliphatic heterocycles. The minimum absolute atomic E-state index is 0.112. The maximum atomic E-state index is 13.1. The predicted octanol–water partition coefficient (Wildman–Crippen LogP) is 5.19. The second-order valence-corrected chi connectivity index (χ2v) is 9.76. The maximum absolute atomic E-state index is 13.1. The normalized spacial score (nSPS) is 12.9. The fraction of sp³-hybridized carbons (Fsp3) is 0.385. The van der Waals surface area contributed by atoms with Crippen LogP contribution in [-0.4, -0.2) is 32.3 Å². The van der Waals surface area contributed by atoms with Crippen LogP contribution in [0.2, 0.25) is 0 Å². The molecule has 0 spiro atoms. The molecule has 2 N–H and O–H groups in total.